The molecule has 0 atom stereocenters. The lowest BCUT2D eigenvalue weighted by molar-refractivity contribution is -0.383. The van der Waals surface area contributed by atoms with Gasteiger partial charge in [-0.2, -0.15) is 9.97 Å². The molecule has 0 radical (unpaired) electrons. The third-order valence-electron chi connectivity index (χ3n) is 3.02. The van der Waals surface area contributed by atoms with E-state index in [1.165, 1.54) is 0 Å². The number of nitrogen functional groups attached to an aromatic ring is 1. The van der Waals surface area contributed by atoms with Gasteiger partial charge in [0.15, 0.2) is 0 Å². The average Bonchev–Trinajstić information content (AvgIpc) is 2.46. The second kappa shape index (κ2) is 7.75. The van der Waals surface area contributed by atoms with Crippen LogP contribution in [-0.2, 0) is 0 Å². The summed E-state index contributed by atoms with van der Waals surface area (Å²) in [6, 6.07) is 6.76. The van der Waals surface area contributed by atoms with E-state index in [2.05, 4.69) is 20.6 Å². The molecule has 0 amide bonds. The number of halogens is 1. The third-order valence-corrected chi connectivity index (χ3v) is 3.26. The maximum atomic E-state index is 11.3. The Morgan fingerprint density at radius 1 is 1.38 bits per heavy atom. The fourth-order valence-corrected chi connectivity index (χ4v) is 2.10. The molecule has 0 aliphatic heterocycles. The van der Waals surface area contributed by atoms with Crippen LogP contribution < -0.4 is 16.4 Å². The molecule has 128 valence electrons. The van der Waals surface area contributed by atoms with Crippen molar-refractivity contribution in [1.29, 1.82) is 0 Å². The number of hydrogen-bond donors (Lipinski definition) is 3. The van der Waals surface area contributed by atoms with Crippen LogP contribution in [0.3, 0.4) is 0 Å². The molecule has 1 aromatic carbocycles. The summed E-state index contributed by atoms with van der Waals surface area (Å²) in [5.41, 5.74) is 5.91. The molecule has 0 aliphatic carbocycles. The van der Waals surface area contributed by atoms with Crippen molar-refractivity contribution in [3.05, 3.63) is 39.4 Å². The minimum absolute atomic E-state index is 0.00196. The predicted molar refractivity (Wildman–Crippen MR) is 94.9 cm³/mol. The lowest BCUT2D eigenvalue weighted by Crippen LogP contribution is -2.22. The zero-order valence-corrected chi connectivity index (χ0v) is 14.0. The summed E-state index contributed by atoms with van der Waals surface area (Å²) in [6.45, 7) is 1.32. The Labute approximate surface area is 144 Å². The van der Waals surface area contributed by atoms with E-state index < -0.39 is 4.92 Å². The van der Waals surface area contributed by atoms with Crippen LogP contribution in [0.25, 0.3) is 0 Å². The lowest BCUT2D eigenvalue weighted by Gasteiger charge is -2.12. The highest BCUT2D eigenvalue weighted by atomic mass is 35.5. The average molecular weight is 352 g/mol. The quantitative estimate of drug-likeness (QED) is 0.513. The highest BCUT2D eigenvalue weighted by Gasteiger charge is 2.23. The molecule has 0 aliphatic rings. The second-order valence-electron chi connectivity index (χ2n) is 5.25. The van der Waals surface area contributed by atoms with Gasteiger partial charge in [0.25, 0.3) is 0 Å². The van der Waals surface area contributed by atoms with Gasteiger partial charge in [0.2, 0.25) is 17.6 Å². The van der Waals surface area contributed by atoms with E-state index in [1.807, 2.05) is 19.0 Å². The highest BCUT2D eigenvalue weighted by molar-refractivity contribution is 6.30. The Morgan fingerprint density at radius 2 is 2.12 bits per heavy atom. The van der Waals surface area contributed by atoms with E-state index in [0.717, 1.165) is 6.54 Å². The summed E-state index contributed by atoms with van der Waals surface area (Å²) in [6.07, 6.45) is 0. The molecule has 0 unspecified atom stereocenters. The number of hydrogen-bond acceptors (Lipinski definition) is 8. The molecule has 0 saturated heterocycles. The number of aromatic nitrogens is 2. The Balaban J connectivity index is 2.31. The first kappa shape index (κ1) is 17.7. The van der Waals surface area contributed by atoms with Crippen LogP contribution in [0.5, 0.6) is 0 Å². The molecule has 10 heteroatoms. The summed E-state index contributed by atoms with van der Waals surface area (Å²) in [4.78, 5) is 20.7. The molecule has 0 spiro atoms. The van der Waals surface area contributed by atoms with Crippen molar-refractivity contribution in [2.45, 2.75) is 0 Å². The maximum absolute atomic E-state index is 11.3. The molecule has 2 aromatic rings. The molecule has 0 saturated carbocycles. The Kier molecular flexibility index (Phi) is 5.72. The Hall–Kier alpha value is -2.65. The SMILES string of the molecule is CN(C)CCNc1nc(N)c([N+](=O)[O-])c(Nc2cccc(Cl)c2)n1. The predicted octanol–water partition coefficient (Wildman–Crippen LogP) is 2.34. The summed E-state index contributed by atoms with van der Waals surface area (Å²) < 4.78 is 0. The van der Waals surface area contributed by atoms with Gasteiger partial charge in [-0.25, -0.2) is 0 Å². The Morgan fingerprint density at radius 3 is 2.75 bits per heavy atom. The summed E-state index contributed by atoms with van der Waals surface area (Å²) in [5, 5.41) is 17.6. The fourth-order valence-electron chi connectivity index (χ4n) is 1.91. The molecule has 9 nitrogen and oxygen atoms in total. The van der Waals surface area contributed by atoms with E-state index in [9.17, 15) is 10.1 Å². The molecule has 1 aromatic heterocycles. The number of nitrogens with one attached hydrogen (secondary N) is 2. The second-order valence-corrected chi connectivity index (χ2v) is 5.69. The first-order chi connectivity index (χ1) is 11.4. The van der Waals surface area contributed by atoms with Gasteiger partial charge in [-0.15, -0.1) is 0 Å². The van der Waals surface area contributed by atoms with Crippen LogP contribution in [0.1, 0.15) is 0 Å². The van der Waals surface area contributed by atoms with E-state index in [4.69, 9.17) is 17.3 Å². The summed E-state index contributed by atoms with van der Waals surface area (Å²) in [7, 11) is 3.86. The van der Waals surface area contributed by atoms with E-state index in [0.29, 0.717) is 17.3 Å². The number of benzene rings is 1. The van der Waals surface area contributed by atoms with Gasteiger partial charge in [0.05, 0.1) is 4.92 Å². The number of anilines is 4. The van der Waals surface area contributed by atoms with Crippen molar-refractivity contribution in [3.63, 3.8) is 0 Å². The minimum Gasteiger partial charge on any atom is -0.378 e. The van der Waals surface area contributed by atoms with Gasteiger partial charge in [0, 0.05) is 23.8 Å². The van der Waals surface area contributed by atoms with Gasteiger partial charge in [-0.1, -0.05) is 17.7 Å². The van der Waals surface area contributed by atoms with Gasteiger partial charge >= 0.3 is 5.69 Å². The van der Waals surface area contributed by atoms with Gasteiger partial charge < -0.3 is 21.3 Å². The zero-order valence-electron chi connectivity index (χ0n) is 13.3. The monoisotopic (exact) mass is 351 g/mol. The number of nitro groups is 1. The smallest absolute Gasteiger partial charge is 0.353 e. The van der Waals surface area contributed by atoms with Crippen LogP contribution in [0.2, 0.25) is 5.02 Å². The third kappa shape index (κ3) is 4.67. The van der Waals surface area contributed by atoms with Crippen molar-refractivity contribution in [2.75, 3.05) is 43.6 Å². The van der Waals surface area contributed by atoms with E-state index in [-0.39, 0.29) is 23.3 Å². The van der Waals surface area contributed by atoms with Crippen molar-refractivity contribution >= 4 is 40.6 Å². The van der Waals surface area contributed by atoms with Crippen LogP contribution in [-0.4, -0.2) is 47.0 Å². The van der Waals surface area contributed by atoms with Crippen molar-refractivity contribution in [3.8, 4) is 0 Å². The van der Waals surface area contributed by atoms with Gasteiger partial charge in [-0.3, -0.25) is 10.1 Å². The van der Waals surface area contributed by atoms with E-state index in [1.54, 1.807) is 24.3 Å². The largest absolute Gasteiger partial charge is 0.378 e. The van der Waals surface area contributed by atoms with Crippen LogP contribution >= 0.6 is 11.6 Å². The van der Waals surface area contributed by atoms with Crippen molar-refractivity contribution in [1.82, 2.24) is 14.9 Å². The van der Waals surface area contributed by atoms with Crippen molar-refractivity contribution < 1.29 is 4.92 Å². The standard InChI is InChI=1S/C14H18ClN7O2/c1-21(2)7-6-17-14-19-12(16)11(22(23)24)13(20-14)18-10-5-3-4-9(15)8-10/h3-5,8H,6-7H2,1-2H3,(H4,16,17,18,19,20). The topological polar surface area (TPSA) is 122 Å². The normalized spacial score (nSPS) is 10.7. The lowest BCUT2D eigenvalue weighted by atomic mass is 10.3. The minimum atomic E-state index is -0.619. The molecule has 1 heterocycles. The number of rotatable bonds is 7. The maximum Gasteiger partial charge on any atom is 0.353 e. The van der Waals surface area contributed by atoms with Crippen molar-refractivity contribution in [2.24, 2.45) is 0 Å². The molecule has 4 N–H and O–H groups in total. The molecule has 24 heavy (non-hydrogen) atoms. The molecule has 0 bridgehead atoms. The first-order valence-electron chi connectivity index (χ1n) is 7.10. The molecular formula is C14H18ClN7O2. The van der Waals surface area contributed by atoms with Crippen LogP contribution in [0.4, 0.5) is 29.0 Å². The highest BCUT2D eigenvalue weighted by Crippen LogP contribution is 2.31. The van der Waals surface area contributed by atoms with E-state index >= 15 is 0 Å². The first-order valence-corrected chi connectivity index (χ1v) is 7.47. The molecule has 0 fully saturated rings. The zero-order chi connectivity index (χ0) is 17.7. The number of likely N-dealkylation sites (N-methyl/N-ethyl adjacent to an activating group) is 1. The summed E-state index contributed by atoms with van der Waals surface area (Å²) >= 11 is 5.93. The molecule has 2 rings (SSSR count). The number of nitrogens with zero attached hydrogens (tertiary/aromatic N) is 4. The summed E-state index contributed by atoms with van der Waals surface area (Å²) in [5.74, 6) is -0.00141. The van der Waals surface area contributed by atoms with Gasteiger partial charge in [0.1, 0.15) is 0 Å². The fraction of sp³-hybridized carbons (Fsp3) is 0.286. The number of nitrogens with two attached hydrogens (primary N) is 1. The Bertz CT molecular complexity index is 739. The van der Waals surface area contributed by atoms with Crippen LogP contribution in [0.15, 0.2) is 24.3 Å². The molecular weight excluding hydrogens is 334 g/mol. The van der Waals surface area contributed by atoms with Gasteiger partial charge in [-0.05, 0) is 32.3 Å². The van der Waals surface area contributed by atoms with Crippen LogP contribution in [0, 0.1) is 10.1 Å².